The second-order valence-electron chi connectivity index (χ2n) is 19.4. The molecule has 362 valence electrons. The van der Waals surface area contributed by atoms with Crippen LogP contribution in [-0.2, 0) is 58.1 Å². The number of nitrogens with zero attached hydrogens (tertiary/aromatic N) is 6. The van der Waals surface area contributed by atoms with E-state index in [2.05, 4.69) is 54.3 Å². The Kier molecular flexibility index (Phi) is 14.5. The summed E-state index contributed by atoms with van der Waals surface area (Å²) in [5.74, 6) is -2.73. The number of phenolic OH excluding ortho intramolecular Hbond substituents is 1. The first-order valence-electron chi connectivity index (χ1n) is 23.1. The number of likely N-dealkylation sites (N-methyl/N-ethyl adjacent to an activating group) is 3. The number of aryl methyl sites for hydroxylation is 1. The summed E-state index contributed by atoms with van der Waals surface area (Å²) in [7, 11) is 2.36. The Labute approximate surface area is 393 Å². The van der Waals surface area contributed by atoms with E-state index in [4.69, 9.17) is 14.5 Å². The van der Waals surface area contributed by atoms with E-state index >= 15 is 0 Å². The molecule has 3 amide bonds. The third-order valence-corrected chi connectivity index (χ3v) is 15.5. The molecule has 1 unspecified atom stereocenters. The van der Waals surface area contributed by atoms with Crippen LogP contribution in [0.3, 0.4) is 0 Å². The van der Waals surface area contributed by atoms with E-state index in [1.165, 1.54) is 24.0 Å². The second-order valence-corrected chi connectivity index (χ2v) is 21.6. The number of hydrogen-bond donors (Lipinski definition) is 3. The van der Waals surface area contributed by atoms with Crippen LogP contribution in [0, 0.1) is 11.3 Å². The first-order chi connectivity index (χ1) is 31.6. The van der Waals surface area contributed by atoms with Crippen molar-refractivity contribution in [3.8, 4) is 28.1 Å². The number of aromatic nitrogens is 2. The van der Waals surface area contributed by atoms with Crippen LogP contribution in [0.4, 0.5) is 0 Å². The topological polar surface area (TPSA) is 196 Å². The summed E-state index contributed by atoms with van der Waals surface area (Å²) in [5, 5.41) is 15.9. The third-order valence-electron chi connectivity index (χ3n) is 13.3. The quantitative estimate of drug-likeness (QED) is 0.134. The summed E-state index contributed by atoms with van der Waals surface area (Å²) in [6, 6.07) is 12.1. The van der Waals surface area contributed by atoms with Gasteiger partial charge >= 0.3 is 5.97 Å². The van der Waals surface area contributed by atoms with Gasteiger partial charge in [0.2, 0.25) is 21.8 Å². The number of ether oxygens (including phenoxy) is 2. The predicted octanol–water partition coefficient (Wildman–Crippen LogP) is 4.47. The number of hydrogen-bond acceptors (Lipinski definition) is 12. The minimum Gasteiger partial charge on any atom is -0.508 e. The van der Waals surface area contributed by atoms with Gasteiger partial charge in [-0.05, 0) is 105 Å². The summed E-state index contributed by atoms with van der Waals surface area (Å²) in [5.41, 5.74) is 9.32. The maximum absolute atomic E-state index is 14.7. The first kappa shape index (κ1) is 49.5. The van der Waals surface area contributed by atoms with E-state index in [0.29, 0.717) is 43.5 Å². The van der Waals surface area contributed by atoms with E-state index in [9.17, 15) is 32.7 Å². The highest BCUT2D eigenvalue weighted by Crippen LogP contribution is 2.42. The molecule has 18 heteroatoms. The fourth-order valence-corrected chi connectivity index (χ4v) is 11.1. The fraction of sp³-hybridized carbons (Fsp3) is 0.531. The molecule has 4 aromatic rings. The van der Waals surface area contributed by atoms with Crippen molar-refractivity contribution in [1.82, 2.24) is 39.4 Å². The lowest BCUT2D eigenvalue weighted by Crippen LogP contribution is -2.62. The largest absolute Gasteiger partial charge is 0.508 e. The van der Waals surface area contributed by atoms with Gasteiger partial charge in [-0.3, -0.25) is 34.1 Å². The van der Waals surface area contributed by atoms with Crippen molar-refractivity contribution in [2.24, 2.45) is 11.3 Å². The molecule has 5 heterocycles. The maximum Gasteiger partial charge on any atom is 0.324 e. The number of carbonyl (C=O) groups is 4. The Hall–Kier alpha value is -5.40. The number of benzene rings is 2. The zero-order valence-corrected chi connectivity index (χ0v) is 41.1. The minimum atomic E-state index is -3.77. The van der Waals surface area contributed by atoms with Gasteiger partial charge in [-0.15, -0.1) is 0 Å². The number of carbonyl (C=O) groups excluding carboxylic acids is 4. The molecule has 3 aliphatic rings. The van der Waals surface area contributed by atoms with E-state index in [1.54, 1.807) is 51.2 Å². The van der Waals surface area contributed by atoms with Crippen LogP contribution in [0.25, 0.3) is 33.3 Å². The molecule has 67 heavy (non-hydrogen) atoms. The van der Waals surface area contributed by atoms with Gasteiger partial charge in [-0.2, -0.15) is 4.31 Å². The van der Waals surface area contributed by atoms with E-state index in [-0.39, 0.29) is 31.4 Å². The van der Waals surface area contributed by atoms with Gasteiger partial charge in [0.05, 0.1) is 30.6 Å². The number of aromatic hydroxyl groups is 1. The maximum atomic E-state index is 14.7. The monoisotopic (exact) mass is 942 g/mol. The SMILES string of the molecule is CCn1c(-c2cccnc2[C@H](C)OC)c2c3cc(ccc31)-c1cc(O)cc(c1)C[C@H](NC(=O)[C@H](C(C)C)N(C)C(=O)CN(C)S(=O)(=O)[C@@H]1CN1C)C(=O)N1CCC[C@H](N1)C(=O)OCC(C)(C)C2. The van der Waals surface area contributed by atoms with Crippen molar-refractivity contribution in [2.75, 3.05) is 54.5 Å². The lowest BCUT2D eigenvalue weighted by atomic mass is 9.84. The molecular formula is C49H66N8O9S. The highest BCUT2D eigenvalue weighted by atomic mass is 32.2. The molecule has 0 saturated carbocycles. The van der Waals surface area contributed by atoms with Crippen molar-refractivity contribution in [3.05, 3.63) is 71.5 Å². The predicted molar refractivity (Wildman–Crippen MR) is 255 cm³/mol. The minimum absolute atomic E-state index is 0.0398. The normalized spacial score (nSPS) is 22.0. The number of cyclic esters (lactones) is 1. The zero-order chi connectivity index (χ0) is 48.7. The van der Waals surface area contributed by atoms with Gasteiger partial charge in [0.1, 0.15) is 29.2 Å². The molecule has 17 nitrogen and oxygen atoms in total. The number of rotatable bonds is 12. The van der Waals surface area contributed by atoms with Crippen molar-refractivity contribution in [2.45, 2.75) is 103 Å². The van der Waals surface area contributed by atoms with E-state index in [0.717, 1.165) is 43.3 Å². The lowest BCUT2D eigenvalue weighted by molar-refractivity contribution is -0.155. The Morgan fingerprint density at radius 2 is 1.82 bits per heavy atom. The molecule has 0 radical (unpaired) electrons. The number of phenols is 1. The summed E-state index contributed by atoms with van der Waals surface area (Å²) in [6.07, 6.45) is 2.83. The van der Waals surface area contributed by atoms with E-state index in [1.807, 2.05) is 25.1 Å². The van der Waals surface area contributed by atoms with Gasteiger partial charge < -0.3 is 29.4 Å². The number of amides is 3. The zero-order valence-electron chi connectivity index (χ0n) is 40.3. The molecule has 2 fully saturated rings. The van der Waals surface area contributed by atoms with Crippen LogP contribution in [0.15, 0.2) is 54.7 Å². The molecule has 0 spiro atoms. The Bertz CT molecular complexity index is 2650. The number of hydrazine groups is 1. The summed E-state index contributed by atoms with van der Waals surface area (Å²) < 4.78 is 41.3. The fourth-order valence-electron chi connectivity index (χ4n) is 9.53. The lowest BCUT2D eigenvalue weighted by Gasteiger charge is -2.37. The van der Waals surface area contributed by atoms with Crippen LogP contribution in [0.5, 0.6) is 5.75 Å². The molecule has 0 aliphatic carbocycles. The standard InChI is InChI=1S/C49H66N8O9S/c1-11-56-40-17-16-32-24-36(40)37(45(56)35-14-12-18-50-43(35)30(4)65-10)25-49(5,6)28-66-48(62)38-15-13-19-57(52-38)47(61)39(22-31-20-33(32)23-34(58)21-31)51-46(60)44(29(2)3)55(9)41(59)26-54(8)67(63,64)42-27-53(42)7/h12,14,16-18,20-21,23-24,29-30,38-39,42,44,52,58H,11,13,15,19,22,25-28H2,1-10H3,(H,51,60)/t30-,38-,39-,42+,44-,53?/m0/s1. The van der Waals surface area contributed by atoms with Crippen molar-refractivity contribution >= 4 is 44.6 Å². The molecule has 2 saturated heterocycles. The average molecular weight is 943 g/mol. The Morgan fingerprint density at radius 3 is 2.49 bits per heavy atom. The van der Waals surface area contributed by atoms with Gasteiger partial charge in [0.25, 0.3) is 5.91 Å². The van der Waals surface area contributed by atoms with Crippen LogP contribution >= 0.6 is 0 Å². The van der Waals surface area contributed by atoms with E-state index < -0.39 is 75.1 Å². The number of pyridine rings is 1. The number of nitrogens with one attached hydrogen (secondary N) is 2. The molecule has 6 bridgehead atoms. The Balaban J connectivity index is 1.30. The van der Waals surface area contributed by atoms with Gasteiger partial charge in [-0.25, -0.2) is 13.8 Å². The number of esters is 1. The van der Waals surface area contributed by atoms with Crippen molar-refractivity contribution in [1.29, 1.82) is 0 Å². The molecule has 2 aromatic carbocycles. The van der Waals surface area contributed by atoms with Crippen LogP contribution in [0.2, 0.25) is 0 Å². The number of fused-ring (bicyclic) bond motifs is 6. The summed E-state index contributed by atoms with van der Waals surface area (Å²) in [4.78, 5) is 64.4. The number of methoxy groups -OCH3 is 1. The molecule has 2 aromatic heterocycles. The van der Waals surface area contributed by atoms with Gasteiger partial charge in [0.15, 0.2) is 0 Å². The Morgan fingerprint density at radius 1 is 1.09 bits per heavy atom. The first-order valence-corrected chi connectivity index (χ1v) is 24.6. The molecule has 3 aliphatic heterocycles. The molecule has 6 atom stereocenters. The summed E-state index contributed by atoms with van der Waals surface area (Å²) in [6.45, 7) is 12.6. The van der Waals surface area contributed by atoms with Gasteiger partial charge in [-0.1, -0.05) is 39.8 Å². The van der Waals surface area contributed by atoms with Gasteiger partial charge in [0, 0.05) is 75.3 Å². The molecule has 7 rings (SSSR count). The highest BCUT2D eigenvalue weighted by Gasteiger charge is 2.45. The second kappa shape index (κ2) is 19.7. The highest BCUT2D eigenvalue weighted by molar-refractivity contribution is 7.90. The molecule has 3 N–H and O–H groups in total. The van der Waals surface area contributed by atoms with Crippen LogP contribution in [0.1, 0.15) is 77.3 Å². The average Bonchev–Trinajstić information content (AvgIpc) is 3.97. The third kappa shape index (κ3) is 10.4. The van der Waals surface area contributed by atoms with Crippen molar-refractivity contribution in [3.63, 3.8) is 0 Å². The number of sulfonamides is 1. The smallest absolute Gasteiger partial charge is 0.324 e. The molecular weight excluding hydrogens is 877 g/mol. The van der Waals surface area contributed by atoms with Crippen LogP contribution < -0.4 is 10.7 Å². The summed E-state index contributed by atoms with van der Waals surface area (Å²) >= 11 is 0. The van der Waals surface area contributed by atoms with Crippen LogP contribution in [-0.4, -0.2) is 144 Å². The van der Waals surface area contributed by atoms with Crippen molar-refractivity contribution < 1.29 is 42.2 Å².